The Labute approximate surface area is 129 Å². The van der Waals surface area contributed by atoms with E-state index in [1.807, 2.05) is 18.4 Å². The van der Waals surface area contributed by atoms with E-state index in [-0.39, 0.29) is 18.6 Å². The average molecular weight is 309 g/mol. The van der Waals surface area contributed by atoms with E-state index in [0.29, 0.717) is 16.7 Å². The predicted molar refractivity (Wildman–Crippen MR) is 83.4 cm³/mol. The fourth-order valence-electron chi connectivity index (χ4n) is 2.81. The number of hydrogen-bond donors (Lipinski definition) is 1. The summed E-state index contributed by atoms with van der Waals surface area (Å²) in [5.41, 5.74) is 0.889. The number of hydrogen-bond acceptors (Lipinski definition) is 4. The number of carbonyl (C=O) groups is 2. The van der Waals surface area contributed by atoms with E-state index in [0.717, 1.165) is 18.4 Å². The molecule has 1 saturated carbocycles. The van der Waals surface area contributed by atoms with Crippen LogP contribution in [0.25, 0.3) is 0 Å². The Morgan fingerprint density at radius 1 is 1.38 bits per heavy atom. The van der Waals surface area contributed by atoms with Gasteiger partial charge in [-0.3, -0.25) is 4.79 Å². The second-order valence-electron chi connectivity index (χ2n) is 5.95. The zero-order valence-electron chi connectivity index (χ0n) is 12.8. The molecule has 0 spiro atoms. The summed E-state index contributed by atoms with van der Waals surface area (Å²) in [6, 6.07) is 2.07. The Morgan fingerprint density at radius 2 is 2.14 bits per heavy atom. The third-order valence-electron chi connectivity index (χ3n) is 4.44. The lowest BCUT2D eigenvalue weighted by molar-refractivity contribution is -0.125. The zero-order valence-corrected chi connectivity index (χ0v) is 13.7. The van der Waals surface area contributed by atoms with Gasteiger partial charge < -0.3 is 10.1 Å². The zero-order chi connectivity index (χ0) is 15.4. The molecule has 0 saturated heterocycles. The topological polar surface area (TPSA) is 55.4 Å². The quantitative estimate of drug-likeness (QED) is 0.869. The number of aryl methyl sites for hydroxylation is 1. The normalized spacial score (nSPS) is 25.4. The summed E-state index contributed by atoms with van der Waals surface area (Å²) in [6.07, 6.45) is 3.38. The highest BCUT2D eigenvalue weighted by atomic mass is 32.1. The van der Waals surface area contributed by atoms with Crippen LogP contribution >= 0.6 is 11.3 Å². The molecule has 21 heavy (non-hydrogen) atoms. The molecule has 1 fully saturated rings. The van der Waals surface area contributed by atoms with Crippen molar-refractivity contribution in [2.24, 2.45) is 11.8 Å². The number of nitrogens with one attached hydrogen (secondary N) is 1. The van der Waals surface area contributed by atoms with Gasteiger partial charge in [0.25, 0.3) is 5.91 Å². The summed E-state index contributed by atoms with van der Waals surface area (Å²) in [4.78, 5) is 24.4. The molecule has 0 bridgehead atoms. The molecule has 116 valence electrons. The fourth-order valence-corrected chi connectivity index (χ4v) is 3.63. The van der Waals surface area contributed by atoms with Crippen LogP contribution in [0.15, 0.2) is 11.4 Å². The van der Waals surface area contributed by atoms with E-state index in [9.17, 15) is 9.59 Å². The van der Waals surface area contributed by atoms with Crippen LogP contribution in [0.4, 0.5) is 0 Å². The maximum absolute atomic E-state index is 11.9. The molecule has 1 aliphatic rings. The molecule has 0 aliphatic heterocycles. The van der Waals surface area contributed by atoms with E-state index >= 15 is 0 Å². The number of thiophene rings is 1. The van der Waals surface area contributed by atoms with E-state index in [1.54, 1.807) is 0 Å². The average Bonchev–Trinajstić information content (AvgIpc) is 2.87. The SMILES string of the molecule is Cc1ccsc1C(=O)OCC(=O)N[C@H]1CCC[C@H](C)[C@@H]1C. The molecule has 3 atom stereocenters. The lowest BCUT2D eigenvalue weighted by atomic mass is 9.78. The molecule has 1 aromatic heterocycles. The summed E-state index contributed by atoms with van der Waals surface area (Å²) in [5, 5.41) is 4.85. The van der Waals surface area contributed by atoms with Gasteiger partial charge in [0, 0.05) is 6.04 Å². The number of carbonyl (C=O) groups excluding carboxylic acids is 2. The first-order valence-corrected chi connectivity index (χ1v) is 8.37. The van der Waals surface area contributed by atoms with Crippen LogP contribution in [-0.4, -0.2) is 24.5 Å². The molecule has 0 aromatic carbocycles. The van der Waals surface area contributed by atoms with Crippen LogP contribution < -0.4 is 5.32 Å². The van der Waals surface area contributed by atoms with Crippen molar-refractivity contribution in [2.45, 2.75) is 46.1 Å². The summed E-state index contributed by atoms with van der Waals surface area (Å²) in [6.45, 7) is 6.06. The molecule has 0 radical (unpaired) electrons. The van der Waals surface area contributed by atoms with Crippen molar-refractivity contribution in [2.75, 3.05) is 6.61 Å². The molecule has 1 amide bonds. The van der Waals surface area contributed by atoms with Crippen molar-refractivity contribution < 1.29 is 14.3 Å². The molecular formula is C16H23NO3S. The highest BCUT2D eigenvalue weighted by Crippen LogP contribution is 2.29. The van der Waals surface area contributed by atoms with Crippen molar-refractivity contribution in [3.05, 3.63) is 21.9 Å². The van der Waals surface area contributed by atoms with Gasteiger partial charge in [0.2, 0.25) is 0 Å². The molecule has 1 N–H and O–H groups in total. The third-order valence-corrected chi connectivity index (χ3v) is 5.43. The van der Waals surface area contributed by atoms with Crippen LogP contribution in [0.5, 0.6) is 0 Å². The molecule has 0 unspecified atom stereocenters. The first-order valence-electron chi connectivity index (χ1n) is 7.49. The van der Waals surface area contributed by atoms with Gasteiger partial charge in [-0.1, -0.05) is 26.7 Å². The second-order valence-corrected chi connectivity index (χ2v) is 6.87. The maximum Gasteiger partial charge on any atom is 0.349 e. The molecule has 1 heterocycles. The predicted octanol–water partition coefficient (Wildman–Crippen LogP) is 3.15. The van der Waals surface area contributed by atoms with Gasteiger partial charge in [0.1, 0.15) is 4.88 Å². The van der Waals surface area contributed by atoms with Crippen LogP contribution in [0, 0.1) is 18.8 Å². The van der Waals surface area contributed by atoms with Crippen molar-refractivity contribution in [3.63, 3.8) is 0 Å². The maximum atomic E-state index is 11.9. The van der Waals surface area contributed by atoms with Gasteiger partial charge >= 0.3 is 5.97 Å². The number of esters is 1. The Bertz CT molecular complexity index is 511. The van der Waals surface area contributed by atoms with Crippen LogP contribution in [0.2, 0.25) is 0 Å². The van der Waals surface area contributed by atoms with Gasteiger partial charge in [0.05, 0.1) is 0 Å². The molecule has 2 rings (SSSR count). The van der Waals surface area contributed by atoms with Gasteiger partial charge in [0.15, 0.2) is 6.61 Å². The van der Waals surface area contributed by atoms with E-state index in [1.165, 1.54) is 17.8 Å². The van der Waals surface area contributed by atoms with Crippen molar-refractivity contribution in [1.82, 2.24) is 5.32 Å². The monoisotopic (exact) mass is 309 g/mol. The minimum atomic E-state index is -0.414. The van der Waals surface area contributed by atoms with Crippen LogP contribution in [0.1, 0.15) is 48.3 Å². The number of rotatable bonds is 4. The molecule has 1 aliphatic carbocycles. The highest BCUT2D eigenvalue weighted by Gasteiger charge is 2.28. The third kappa shape index (κ3) is 4.06. The lowest BCUT2D eigenvalue weighted by Crippen LogP contribution is -2.45. The van der Waals surface area contributed by atoms with E-state index in [4.69, 9.17) is 4.74 Å². The second kappa shape index (κ2) is 7.07. The lowest BCUT2D eigenvalue weighted by Gasteiger charge is -2.34. The minimum absolute atomic E-state index is 0.198. The summed E-state index contributed by atoms with van der Waals surface area (Å²) < 4.78 is 5.09. The Kier molecular flexibility index (Phi) is 5.39. The van der Waals surface area contributed by atoms with Gasteiger partial charge in [-0.2, -0.15) is 0 Å². The molecule has 5 heteroatoms. The summed E-state index contributed by atoms with van der Waals surface area (Å²) in [7, 11) is 0. The molecular weight excluding hydrogens is 286 g/mol. The van der Waals surface area contributed by atoms with Crippen LogP contribution in [0.3, 0.4) is 0 Å². The van der Waals surface area contributed by atoms with Crippen molar-refractivity contribution in [3.8, 4) is 0 Å². The van der Waals surface area contributed by atoms with Gasteiger partial charge in [-0.05, 0) is 42.2 Å². The highest BCUT2D eigenvalue weighted by molar-refractivity contribution is 7.12. The van der Waals surface area contributed by atoms with Gasteiger partial charge in [-0.15, -0.1) is 11.3 Å². The first-order chi connectivity index (χ1) is 9.99. The van der Waals surface area contributed by atoms with Gasteiger partial charge in [-0.25, -0.2) is 4.79 Å². The Hall–Kier alpha value is -1.36. The Morgan fingerprint density at radius 3 is 2.81 bits per heavy atom. The smallest absolute Gasteiger partial charge is 0.349 e. The first kappa shape index (κ1) is 16.0. The van der Waals surface area contributed by atoms with Crippen LogP contribution in [-0.2, 0) is 9.53 Å². The minimum Gasteiger partial charge on any atom is -0.451 e. The largest absolute Gasteiger partial charge is 0.451 e. The summed E-state index contributed by atoms with van der Waals surface area (Å²) >= 11 is 1.34. The molecule has 1 aromatic rings. The Balaban J connectivity index is 1.80. The molecule has 4 nitrogen and oxygen atoms in total. The summed E-state index contributed by atoms with van der Waals surface area (Å²) in [5.74, 6) is 0.476. The number of amides is 1. The van der Waals surface area contributed by atoms with E-state index < -0.39 is 5.97 Å². The van der Waals surface area contributed by atoms with Crippen molar-refractivity contribution in [1.29, 1.82) is 0 Å². The fraction of sp³-hybridized carbons (Fsp3) is 0.625. The number of ether oxygens (including phenoxy) is 1. The van der Waals surface area contributed by atoms with E-state index in [2.05, 4.69) is 19.2 Å². The van der Waals surface area contributed by atoms with Crippen molar-refractivity contribution >= 4 is 23.2 Å². The standard InChI is InChI=1S/C16H23NO3S/c1-10-5-4-6-13(12(10)3)17-14(18)9-20-16(19)15-11(2)7-8-21-15/h7-8,10,12-13H,4-6,9H2,1-3H3,(H,17,18)/t10-,12-,13-/m0/s1.